The van der Waals surface area contributed by atoms with E-state index in [1.165, 1.54) is 0 Å². The Kier molecular flexibility index (Phi) is 5.26. The number of nitrogens with one attached hydrogen (secondary N) is 1. The first kappa shape index (κ1) is 16.6. The number of carbonyl (C=O) groups is 3. The van der Waals surface area contributed by atoms with Crippen LogP contribution in [0.15, 0.2) is 0 Å². The first-order chi connectivity index (χ1) is 10.4. The van der Waals surface area contributed by atoms with Gasteiger partial charge in [0, 0.05) is 32.0 Å². The number of ether oxygens (including phenoxy) is 1. The summed E-state index contributed by atoms with van der Waals surface area (Å²) in [5, 5.41) is 2.87. The molecule has 2 heterocycles. The quantitative estimate of drug-likeness (QED) is 0.824. The fraction of sp³-hybridized carbons (Fsp3) is 0.800. The molecule has 1 atom stereocenters. The van der Waals surface area contributed by atoms with Gasteiger partial charge in [-0.15, -0.1) is 0 Å². The van der Waals surface area contributed by atoms with E-state index in [0.717, 1.165) is 0 Å². The number of likely N-dealkylation sites (tertiary alicyclic amines) is 1. The van der Waals surface area contributed by atoms with E-state index in [4.69, 9.17) is 4.74 Å². The monoisotopic (exact) mass is 311 g/mol. The van der Waals surface area contributed by atoms with E-state index in [2.05, 4.69) is 5.32 Å². The molecule has 2 fully saturated rings. The van der Waals surface area contributed by atoms with Crippen molar-refractivity contribution in [3.05, 3.63) is 0 Å². The molecule has 1 unspecified atom stereocenters. The molecule has 22 heavy (non-hydrogen) atoms. The van der Waals surface area contributed by atoms with Crippen LogP contribution in [-0.2, 0) is 14.3 Å². The van der Waals surface area contributed by atoms with Gasteiger partial charge in [-0.05, 0) is 26.7 Å². The molecule has 0 spiro atoms. The van der Waals surface area contributed by atoms with Gasteiger partial charge in [-0.3, -0.25) is 9.59 Å². The first-order valence-electron chi connectivity index (χ1n) is 7.89. The Morgan fingerprint density at radius 1 is 1.32 bits per heavy atom. The fourth-order valence-electron chi connectivity index (χ4n) is 2.88. The van der Waals surface area contributed by atoms with Crippen molar-refractivity contribution in [3.8, 4) is 0 Å². The van der Waals surface area contributed by atoms with Crippen LogP contribution >= 0.6 is 0 Å². The van der Waals surface area contributed by atoms with Crippen molar-refractivity contribution >= 4 is 17.9 Å². The highest BCUT2D eigenvalue weighted by molar-refractivity contribution is 5.79. The second-order valence-electron chi connectivity index (χ2n) is 6.28. The van der Waals surface area contributed by atoms with Crippen molar-refractivity contribution in [2.24, 2.45) is 5.92 Å². The van der Waals surface area contributed by atoms with E-state index in [9.17, 15) is 14.4 Å². The van der Waals surface area contributed by atoms with Crippen LogP contribution in [0.4, 0.5) is 4.79 Å². The number of nitrogens with zero attached hydrogens (tertiary/aromatic N) is 2. The zero-order valence-electron chi connectivity index (χ0n) is 13.5. The van der Waals surface area contributed by atoms with Gasteiger partial charge >= 0.3 is 6.09 Å². The maximum Gasteiger partial charge on any atom is 0.410 e. The molecular weight excluding hydrogens is 286 g/mol. The topological polar surface area (TPSA) is 79.0 Å². The van der Waals surface area contributed by atoms with Crippen LogP contribution in [0.5, 0.6) is 0 Å². The number of amides is 3. The van der Waals surface area contributed by atoms with Crippen molar-refractivity contribution in [1.29, 1.82) is 0 Å². The average molecular weight is 311 g/mol. The second-order valence-corrected chi connectivity index (χ2v) is 6.28. The number of hydrogen-bond donors (Lipinski definition) is 1. The molecule has 0 bridgehead atoms. The molecule has 3 amide bonds. The van der Waals surface area contributed by atoms with Crippen LogP contribution in [0.3, 0.4) is 0 Å². The number of piperidine rings is 1. The van der Waals surface area contributed by atoms with Crippen LogP contribution in [0.2, 0.25) is 0 Å². The van der Waals surface area contributed by atoms with Crippen molar-refractivity contribution in [3.63, 3.8) is 0 Å². The summed E-state index contributed by atoms with van der Waals surface area (Å²) in [7, 11) is 0. The Bertz CT molecular complexity index is 444. The number of cyclic esters (lactones) is 1. The van der Waals surface area contributed by atoms with E-state index in [-0.39, 0.29) is 36.0 Å². The molecule has 124 valence electrons. The second kappa shape index (κ2) is 6.98. The summed E-state index contributed by atoms with van der Waals surface area (Å²) in [4.78, 5) is 38.5. The molecule has 2 aliphatic heterocycles. The van der Waals surface area contributed by atoms with Crippen molar-refractivity contribution in [1.82, 2.24) is 15.1 Å². The van der Waals surface area contributed by atoms with Gasteiger partial charge in [0.25, 0.3) is 0 Å². The molecular formula is C15H25N3O4. The molecule has 7 heteroatoms. The van der Waals surface area contributed by atoms with Gasteiger partial charge in [-0.2, -0.15) is 0 Å². The maximum atomic E-state index is 12.2. The highest BCUT2D eigenvalue weighted by atomic mass is 16.6. The Morgan fingerprint density at radius 2 is 1.95 bits per heavy atom. The Labute approximate surface area is 131 Å². The number of carbonyl (C=O) groups excluding carboxylic acids is 3. The zero-order valence-corrected chi connectivity index (χ0v) is 13.5. The third-order valence-corrected chi connectivity index (χ3v) is 4.34. The predicted molar refractivity (Wildman–Crippen MR) is 80.1 cm³/mol. The minimum atomic E-state index is -0.316. The van der Waals surface area contributed by atoms with Gasteiger partial charge in [-0.25, -0.2) is 4.79 Å². The molecule has 0 aromatic heterocycles. The van der Waals surface area contributed by atoms with Crippen LogP contribution in [0, 0.1) is 5.92 Å². The van der Waals surface area contributed by atoms with E-state index in [0.29, 0.717) is 39.0 Å². The van der Waals surface area contributed by atoms with Crippen molar-refractivity contribution in [2.45, 2.75) is 45.8 Å². The number of hydrogen-bond acceptors (Lipinski definition) is 4. The van der Waals surface area contributed by atoms with Gasteiger partial charge < -0.3 is 19.9 Å². The molecule has 2 saturated heterocycles. The van der Waals surface area contributed by atoms with Crippen molar-refractivity contribution in [2.75, 3.05) is 26.2 Å². The molecule has 7 nitrogen and oxygen atoms in total. The van der Waals surface area contributed by atoms with Crippen LogP contribution in [0.25, 0.3) is 0 Å². The highest BCUT2D eigenvalue weighted by Gasteiger charge is 2.33. The molecule has 0 aromatic rings. The molecule has 2 rings (SSSR count). The van der Waals surface area contributed by atoms with Gasteiger partial charge in [0.2, 0.25) is 11.8 Å². The minimum Gasteiger partial charge on any atom is -0.442 e. The standard InChI is InChI=1S/C15H25N3O4/c1-10(2)18-9-13(22-15(18)21)8-16-14(20)12-4-6-17(7-5-12)11(3)19/h10,12-13H,4-9H2,1-3H3,(H,16,20). The first-order valence-corrected chi connectivity index (χ1v) is 7.89. The molecule has 0 saturated carbocycles. The van der Waals surface area contributed by atoms with E-state index >= 15 is 0 Å². The van der Waals surface area contributed by atoms with E-state index in [1.54, 1.807) is 16.7 Å². The molecule has 0 radical (unpaired) electrons. The highest BCUT2D eigenvalue weighted by Crippen LogP contribution is 2.18. The van der Waals surface area contributed by atoms with E-state index < -0.39 is 0 Å². The van der Waals surface area contributed by atoms with Crippen LogP contribution in [0.1, 0.15) is 33.6 Å². The maximum absolute atomic E-state index is 12.2. The lowest BCUT2D eigenvalue weighted by Crippen LogP contribution is -2.44. The molecule has 0 aromatic carbocycles. The largest absolute Gasteiger partial charge is 0.442 e. The summed E-state index contributed by atoms with van der Waals surface area (Å²) in [6.07, 6.45) is 0.780. The van der Waals surface area contributed by atoms with Crippen LogP contribution < -0.4 is 5.32 Å². The lowest BCUT2D eigenvalue weighted by Gasteiger charge is -2.30. The summed E-state index contributed by atoms with van der Waals surface area (Å²) < 4.78 is 5.24. The number of rotatable bonds is 4. The third-order valence-electron chi connectivity index (χ3n) is 4.34. The lowest BCUT2D eigenvalue weighted by atomic mass is 9.96. The Balaban J connectivity index is 1.73. The minimum absolute atomic E-state index is 0.0118. The average Bonchev–Trinajstić information content (AvgIpc) is 2.86. The van der Waals surface area contributed by atoms with Gasteiger partial charge in [0.1, 0.15) is 6.10 Å². The normalized spacial score (nSPS) is 22.9. The smallest absolute Gasteiger partial charge is 0.410 e. The zero-order chi connectivity index (χ0) is 16.3. The van der Waals surface area contributed by atoms with Gasteiger partial charge in [-0.1, -0.05) is 0 Å². The molecule has 1 N–H and O–H groups in total. The summed E-state index contributed by atoms with van der Waals surface area (Å²) in [5.41, 5.74) is 0. The fourth-order valence-corrected chi connectivity index (χ4v) is 2.88. The Morgan fingerprint density at radius 3 is 2.45 bits per heavy atom. The van der Waals surface area contributed by atoms with E-state index in [1.807, 2.05) is 13.8 Å². The Hall–Kier alpha value is -1.79. The SMILES string of the molecule is CC(=O)N1CCC(C(=O)NCC2CN(C(C)C)C(=O)O2)CC1. The molecule has 0 aliphatic carbocycles. The van der Waals surface area contributed by atoms with Crippen molar-refractivity contribution < 1.29 is 19.1 Å². The van der Waals surface area contributed by atoms with Gasteiger partial charge in [0.15, 0.2) is 0 Å². The summed E-state index contributed by atoms with van der Waals surface area (Å²) in [5.74, 6) is -0.0124. The molecule has 2 aliphatic rings. The summed E-state index contributed by atoms with van der Waals surface area (Å²) in [6.45, 7) is 7.55. The third kappa shape index (κ3) is 3.90. The van der Waals surface area contributed by atoms with Gasteiger partial charge in [0.05, 0.1) is 13.1 Å². The summed E-state index contributed by atoms with van der Waals surface area (Å²) in [6, 6.07) is 0.101. The lowest BCUT2D eigenvalue weighted by molar-refractivity contribution is -0.134. The predicted octanol–water partition coefficient (Wildman–Crippen LogP) is 0.590. The van der Waals surface area contributed by atoms with Crippen LogP contribution in [-0.4, -0.2) is 66.0 Å². The summed E-state index contributed by atoms with van der Waals surface area (Å²) >= 11 is 0.